The van der Waals surface area contributed by atoms with Crippen molar-refractivity contribution in [3.63, 3.8) is 0 Å². The first kappa shape index (κ1) is 6.70. The fourth-order valence-corrected chi connectivity index (χ4v) is 1.07. The first-order valence-electron chi connectivity index (χ1n) is 5.60. The smallest absolute Gasteiger partial charge is 0.207 e. The second kappa shape index (κ2) is 5.11. The van der Waals surface area contributed by atoms with Gasteiger partial charge in [-0.15, -0.1) is 0 Å². The van der Waals surface area contributed by atoms with Crippen LogP contribution in [0.1, 0.15) is 9.68 Å². The molecule has 0 unspecified atom stereocenters. The van der Waals surface area contributed by atoms with Gasteiger partial charge >= 0.3 is 0 Å². The number of benzene rings is 1. The molecule has 0 radical (unpaired) electrons. The van der Waals surface area contributed by atoms with Gasteiger partial charge in [0, 0.05) is 6.54 Å². The first-order valence-corrected chi connectivity index (χ1v) is 4.10. The number of ether oxygens (including phenoxy) is 1. The molecule has 4 nitrogen and oxygen atoms in total. The van der Waals surface area contributed by atoms with Crippen molar-refractivity contribution in [1.82, 2.24) is 5.32 Å². The lowest BCUT2D eigenvalue weighted by Crippen LogP contribution is -2.14. The maximum Gasteiger partial charge on any atom is 0.207 e. The quantitative estimate of drug-likeness (QED) is 0.540. The molecule has 1 aromatic carbocycles. The fraction of sp³-hybridized carbons (Fsp3) is 0.300. The molecule has 0 heterocycles. The number of nitrogens with one attached hydrogen (secondary N) is 1. The Kier molecular flexibility index (Phi) is 2.45. The highest BCUT2D eigenvalue weighted by Gasteiger charge is 2.01. The van der Waals surface area contributed by atoms with E-state index in [1.54, 1.807) is 6.07 Å². The van der Waals surface area contributed by atoms with Crippen LogP contribution in [0.4, 0.5) is 0 Å². The zero-order valence-corrected chi connectivity index (χ0v) is 7.49. The minimum absolute atomic E-state index is 0.0893. The average Bonchev–Trinajstić information content (AvgIpc) is 2.21. The molecular weight excluding hydrogens is 182 g/mol. The van der Waals surface area contributed by atoms with E-state index in [-0.39, 0.29) is 11.5 Å². The summed E-state index contributed by atoms with van der Waals surface area (Å²) in [6, 6.07) is 4.43. The number of hydrogen-bond acceptors (Lipinski definition) is 3. The monoisotopic (exact) mass is 198 g/mol. The number of aromatic hydroxyl groups is 1. The molecule has 0 saturated carbocycles. The van der Waals surface area contributed by atoms with Crippen LogP contribution >= 0.6 is 0 Å². The van der Waals surface area contributed by atoms with Gasteiger partial charge in [-0.2, -0.15) is 0 Å². The van der Waals surface area contributed by atoms with Crippen LogP contribution in [-0.4, -0.2) is 25.1 Å². The first-order chi connectivity index (χ1) is 7.92. The van der Waals surface area contributed by atoms with Crippen LogP contribution in [0.5, 0.6) is 11.5 Å². The van der Waals surface area contributed by atoms with Crippen molar-refractivity contribution in [3.05, 3.63) is 23.8 Å². The zero-order valence-electron chi connectivity index (χ0n) is 10.5. The highest BCUT2D eigenvalue weighted by atomic mass is 16.5. The molecule has 1 aromatic rings. The summed E-state index contributed by atoms with van der Waals surface area (Å²) >= 11 is 0. The molecular formula is C10H13NO3. The Morgan fingerprint density at radius 2 is 2.57 bits per heavy atom. The number of carbonyl (C=O) groups is 1. The summed E-state index contributed by atoms with van der Waals surface area (Å²) in [6.07, 6.45) is 1.11. The van der Waals surface area contributed by atoms with Gasteiger partial charge in [0.25, 0.3) is 0 Å². The van der Waals surface area contributed by atoms with E-state index in [1.165, 1.54) is 12.1 Å². The SMILES string of the molecule is [2H]C([2H])([2H])Oc1cc(CCNC=O)ccc1O. The molecule has 14 heavy (non-hydrogen) atoms. The summed E-state index contributed by atoms with van der Waals surface area (Å²) in [4.78, 5) is 10.1. The topological polar surface area (TPSA) is 58.6 Å². The molecule has 4 heteroatoms. The molecule has 0 aliphatic carbocycles. The molecule has 0 saturated heterocycles. The van der Waals surface area contributed by atoms with Gasteiger partial charge in [0.2, 0.25) is 6.41 Å². The van der Waals surface area contributed by atoms with E-state index in [2.05, 4.69) is 10.1 Å². The minimum Gasteiger partial charge on any atom is -0.504 e. The predicted molar refractivity (Wildman–Crippen MR) is 52.4 cm³/mol. The largest absolute Gasteiger partial charge is 0.504 e. The second-order valence-electron chi connectivity index (χ2n) is 2.73. The summed E-state index contributed by atoms with van der Waals surface area (Å²) < 4.78 is 25.5. The van der Waals surface area contributed by atoms with Crippen LogP contribution < -0.4 is 10.1 Å². The molecule has 0 aliphatic heterocycles. The van der Waals surface area contributed by atoms with E-state index < -0.39 is 7.04 Å². The Balaban J connectivity index is 2.75. The molecule has 76 valence electrons. The Labute approximate surface area is 86.7 Å². The minimum atomic E-state index is -2.60. The van der Waals surface area contributed by atoms with Gasteiger partial charge in [0.05, 0.1) is 11.2 Å². The van der Waals surface area contributed by atoms with E-state index in [0.717, 1.165) is 5.56 Å². The third-order valence-electron chi connectivity index (χ3n) is 1.78. The van der Waals surface area contributed by atoms with Gasteiger partial charge < -0.3 is 15.2 Å². The van der Waals surface area contributed by atoms with Gasteiger partial charge in [0.1, 0.15) is 0 Å². The number of phenols is 1. The number of amides is 1. The third kappa shape index (κ3) is 2.65. The van der Waals surface area contributed by atoms with Crippen molar-refractivity contribution in [2.45, 2.75) is 6.42 Å². The van der Waals surface area contributed by atoms with E-state index >= 15 is 0 Å². The number of methoxy groups -OCH3 is 1. The van der Waals surface area contributed by atoms with Crippen LogP contribution in [0, 0.1) is 0 Å². The van der Waals surface area contributed by atoms with Crippen LogP contribution in [0.15, 0.2) is 18.2 Å². The number of hydrogen-bond donors (Lipinski definition) is 2. The summed E-state index contributed by atoms with van der Waals surface area (Å²) in [5.41, 5.74) is 0.761. The van der Waals surface area contributed by atoms with Gasteiger partial charge in [-0.3, -0.25) is 4.79 Å². The fourth-order valence-electron chi connectivity index (χ4n) is 1.07. The highest BCUT2D eigenvalue weighted by Crippen LogP contribution is 2.26. The molecule has 0 aliphatic rings. The van der Waals surface area contributed by atoms with Crippen molar-refractivity contribution in [1.29, 1.82) is 0 Å². The lowest BCUT2D eigenvalue weighted by molar-refractivity contribution is -0.109. The lowest BCUT2D eigenvalue weighted by atomic mass is 10.1. The Bertz CT molecular complexity index is 393. The molecule has 0 aromatic heterocycles. The van der Waals surface area contributed by atoms with Crippen molar-refractivity contribution in [2.75, 3.05) is 13.6 Å². The lowest BCUT2D eigenvalue weighted by Gasteiger charge is -2.06. The van der Waals surface area contributed by atoms with Crippen molar-refractivity contribution in [3.8, 4) is 11.5 Å². The maximum atomic E-state index is 10.1. The summed E-state index contributed by atoms with van der Waals surface area (Å²) in [5, 5.41) is 11.9. The zero-order chi connectivity index (χ0) is 12.9. The van der Waals surface area contributed by atoms with E-state index in [9.17, 15) is 9.90 Å². The summed E-state index contributed by atoms with van der Waals surface area (Å²) in [6.45, 7) is 0.432. The van der Waals surface area contributed by atoms with Crippen molar-refractivity contribution < 1.29 is 18.8 Å². The molecule has 0 spiro atoms. The van der Waals surface area contributed by atoms with Gasteiger partial charge in [-0.05, 0) is 24.1 Å². The molecule has 1 amide bonds. The normalized spacial score (nSPS) is 13.6. The van der Waals surface area contributed by atoms with Crippen molar-refractivity contribution in [2.24, 2.45) is 0 Å². The summed E-state index contributed by atoms with van der Waals surface area (Å²) in [7, 11) is -2.60. The van der Waals surface area contributed by atoms with Gasteiger partial charge in [0.15, 0.2) is 11.5 Å². The van der Waals surface area contributed by atoms with Crippen LogP contribution in [0.25, 0.3) is 0 Å². The molecule has 1 rings (SSSR count). The number of carbonyl (C=O) groups excluding carboxylic acids is 1. The van der Waals surface area contributed by atoms with E-state index in [4.69, 9.17) is 4.11 Å². The van der Waals surface area contributed by atoms with Crippen LogP contribution in [0.2, 0.25) is 0 Å². The molecule has 2 N–H and O–H groups in total. The summed E-state index contributed by atoms with van der Waals surface area (Å²) in [5.74, 6) is -0.318. The van der Waals surface area contributed by atoms with Crippen LogP contribution in [-0.2, 0) is 11.2 Å². The Morgan fingerprint density at radius 3 is 3.29 bits per heavy atom. The molecule has 0 bridgehead atoms. The number of phenolic OH excluding ortho intramolecular Hbond substituents is 1. The van der Waals surface area contributed by atoms with E-state index in [0.29, 0.717) is 19.4 Å². The van der Waals surface area contributed by atoms with Gasteiger partial charge in [-0.1, -0.05) is 6.07 Å². The van der Waals surface area contributed by atoms with Crippen LogP contribution in [0.3, 0.4) is 0 Å². The van der Waals surface area contributed by atoms with Crippen molar-refractivity contribution >= 4 is 6.41 Å². The van der Waals surface area contributed by atoms with Gasteiger partial charge in [-0.25, -0.2) is 0 Å². The molecule has 0 fully saturated rings. The predicted octanol–water partition coefficient (Wildman–Crippen LogP) is 0.689. The Morgan fingerprint density at radius 1 is 1.71 bits per heavy atom. The third-order valence-corrected chi connectivity index (χ3v) is 1.78. The number of rotatable bonds is 5. The molecule has 0 atom stereocenters. The second-order valence-corrected chi connectivity index (χ2v) is 2.73. The standard InChI is InChI=1S/C10H13NO3/c1-14-10-6-8(2-3-9(10)13)4-5-11-7-12/h2-3,6-7,13H,4-5H2,1H3,(H,11,12)/i1D3. The highest BCUT2D eigenvalue weighted by molar-refractivity contribution is 5.46. The van der Waals surface area contributed by atoms with E-state index in [1.807, 2.05) is 0 Å². The average molecular weight is 198 g/mol. The maximum absolute atomic E-state index is 10.1. The Hall–Kier alpha value is -1.71.